The van der Waals surface area contributed by atoms with E-state index in [0.29, 0.717) is 12.2 Å². The van der Waals surface area contributed by atoms with E-state index in [-0.39, 0.29) is 0 Å². The monoisotopic (exact) mass is 259 g/mol. The van der Waals surface area contributed by atoms with Crippen molar-refractivity contribution < 1.29 is 9.90 Å². The number of aliphatic carboxylic acids is 1. The number of benzene rings is 1. The topological polar surface area (TPSA) is 95.1 Å². The molecule has 0 spiro atoms. The molecular weight excluding hydrogens is 246 g/mol. The third-order valence-corrected chi connectivity index (χ3v) is 2.59. The number of nitrogens with one attached hydrogen (secondary N) is 2. The third kappa shape index (κ3) is 3.67. The molecule has 1 aromatic carbocycles. The molecule has 3 N–H and O–H groups in total. The van der Waals surface area contributed by atoms with Gasteiger partial charge in [0.1, 0.15) is 11.9 Å². The van der Waals surface area contributed by atoms with Crippen molar-refractivity contribution in [3.05, 3.63) is 58.6 Å². The van der Waals surface area contributed by atoms with Crippen LogP contribution in [0.2, 0.25) is 0 Å². The summed E-state index contributed by atoms with van der Waals surface area (Å²) in [6.45, 7) is 0. The minimum Gasteiger partial charge on any atom is -0.480 e. The summed E-state index contributed by atoms with van der Waals surface area (Å²) in [5.41, 5.74) is 0.382. The van der Waals surface area contributed by atoms with Crippen LogP contribution < -0.4 is 11.0 Å². The van der Waals surface area contributed by atoms with E-state index in [0.717, 1.165) is 5.56 Å². The van der Waals surface area contributed by atoms with Crippen LogP contribution in [0.1, 0.15) is 5.56 Å². The lowest BCUT2D eigenvalue weighted by molar-refractivity contribution is -0.137. The quantitative estimate of drug-likeness (QED) is 0.740. The zero-order chi connectivity index (χ0) is 13.7. The SMILES string of the molecule is O=C(O)C(Cc1ccccc1)Nc1ccnc(=O)[nH]1. The van der Waals surface area contributed by atoms with Gasteiger partial charge in [-0.05, 0) is 11.6 Å². The van der Waals surface area contributed by atoms with E-state index in [9.17, 15) is 14.7 Å². The van der Waals surface area contributed by atoms with Gasteiger partial charge < -0.3 is 10.4 Å². The van der Waals surface area contributed by atoms with Crippen molar-refractivity contribution in [3.63, 3.8) is 0 Å². The molecule has 98 valence electrons. The summed E-state index contributed by atoms with van der Waals surface area (Å²) < 4.78 is 0. The van der Waals surface area contributed by atoms with Crippen LogP contribution >= 0.6 is 0 Å². The maximum atomic E-state index is 11.2. The summed E-state index contributed by atoms with van der Waals surface area (Å²) in [5.74, 6) is -0.648. The molecule has 0 bridgehead atoms. The minimum absolute atomic E-state index is 0.320. The van der Waals surface area contributed by atoms with E-state index in [2.05, 4.69) is 15.3 Å². The van der Waals surface area contributed by atoms with Crippen LogP contribution in [0.4, 0.5) is 5.82 Å². The first-order valence-electron chi connectivity index (χ1n) is 5.74. The fourth-order valence-electron chi connectivity index (χ4n) is 1.69. The van der Waals surface area contributed by atoms with Crippen LogP contribution in [0, 0.1) is 0 Å². The van der Waals surface area contributed by atoms with Crippen LogP contribution in [-0.2, 0) is 11.2 Å². The van der Waals surface area contributed by atoms with Gasteiger partial charge in [-0.15, -0.1) is 0 Å². The number of anilines is 1. The molecule has 0 aliphatic heterocycles. The first kappa shape index (κ1) is 12.8. The molecular formula is C13H13N3O3. The summed E-state index contributed by atoms with van der Waals surface area (Å²) in [6, 6.07) is 9.97. The van der Waals surface area contributed by atoms with Crippen molar-refractivity contribution in [1.29, 1.82) is 0 Å². The van der Waals surface area contributed by atoms with Gasteiger partial charge in [-0.25, -0.2) is 14.6 Å². The van der Waals surface area contributed by atoms with Crippen LogP contribution in [0.25, 0.3) is 0 Å². The molecule has 1 unspecified atom stereocenters. The molecule has 2 rings (SSSR count). The highest BCUT2D eigenvalue weighted by atomic mass is 16.4. The molecule has 0 aliphatic rings. The maximum absolute atomic E-state index is 11.2. The second kappa shape index (κ2) is 5.81. The molecule has 19 heavy (non-hydrogen) atoms. The number of hydrogen-bond donors (Lipinski definition) is 3. The summed E-state index contributed by atoms with van der Waals surface area (Å²) in [6.07, 6.45) is 1.64. The molecule has 0 saturated heterocycles. The normalized spacial score (nSPS) is 11.8. The Bertz CT molecular complexity index is 610. The average molecular weight is 259 g/mol. The number of rotatable bonds is 5. The lowest BCUT2D eigenvalue weighted by Crippen LogP contribution is -2.32. The van der Waals surface area contributed by atoms with E-state index in [1.807, 2.05) is 30.3 Å². The predicted octanol–water partition coefficient (Wildman–Crippen LogP) is 0.878. The highest BCUT2D eigenvalue weighted by molar-refractivity contribution is 5.77. The second-order valence-electron chi connectivity index (χ2n) is 4.01. The molecule has 6 nitrogen and oxygen atoms in total. The summed E-state index contributed by atoms with van der Waals surface area (Å²) >= 11 is 0. The molecule has 0 aliphatic carbocycles. The van der Waals surface area contributed by atoms with E-state index in [1.165, 1.54) is 12.3 Å². The number of H-pyrrole nitrogens is 1. The van der Waals surface area contributed by atoms with E-state index in [1.54, 1.807) is 0 Å². The molecule has 1 atom stereocenters. The maximum Gasteiger partial charge on any atom is 0.346 e. The number of hydrogen-bond acceptors (Lipinski definition) is 4. The fourth-order valence-corrected chi connectivity index (χ4v) is 1.69. The standard InChI is InChI=1S/C13H13N3O3/c17-12(18)10(8-9-4-2-1-3-5-9)15-11-6-7-14-13(19)16-11/h1-7,10H,8H2,(H,17,18)(H2,14,15,16,19). The first-order valence-corrected chi connectivity index (χ1v) is 5.74. The van der Waals surface area contributed by atoms with Crippen LogP contribution in [-0.4, -0.2) is 27.1 Å². The van der Waals surface area contributed by atoms with Gasteiger partial charge in [-0.2, -0.15) is 0 Å². The largest absolute Gasteiger partial charge is 0.480 e. The third-order valence-electron chi connectivity index (χ3n) is 2.59. The number of aromatic amines is 1. The Morgan fingerprint density at radius 3 is 2.68 bits per heavy atom. The molecule has 1 heterocycles. The van der Waals surface area contributed by atoms with Crippen LogP contribution in [0.5, 0.6) is 0 Å². The summed E-state index contributed by atoms with van der Waals surface area (Å²) in [4.78, 5) is 28.2. The highest BCUT2D eigenvalue weighted by Gasteiger charge is 2.17. The number of carbonyl (C=O) groups is 1. The number of carboxylic acid groups (broad SMARTS) is 1. The zero-order valence-corrected chi connectivity index (χ0v) is 10.0. The van der Waals surface area contributed by atoms with Gasteiger partial charge in [0, 0.05) is 12.6 Å². The van der Waals surface area contributed by atoms with Crippen molar-refractivity contribution in [2.75, 3.05) is 5.32 Å². The Labute approximate surface area is 109 Å². The average Bonchev–Trinajstić information content (AvgIpc) is 2.39. The number of carboxylic acids is 1. The van der Waals surface area contributed by atoms with Gasteiger partial charge in [0.2, 0.25) is 0 Å². The van der Waals surface area contributed by atoms with Gasteiger partial charge in [0.05, 0.1) is 0 Å². The van der Waals surface area contributed by atoms with Crippen molar-refractivity contribution in [3.8, 4) is 0 Å². The first-order chi connectivity index (χ1) is 9.15. The molecule has 0 saturated carbocycles. The zero-order valence-electron chi connectivity index (χ0n) is 10.0. The van der Waals surface area contributed by atoms with Crippen molar-refractivity contribution in [2.45, 2.75) is 12.5 Å². The molecule has 0 fully saturated rings. The fraction of sp³-hybridized carbons (Fsp3) is 0.154. The molecule has 1 aromatic heterocycles. The van der Waals surface area contributed by atoms with E-state index >= 15 is 0 Å². The Morgan fingerprint density at radius 2 is 2.05 bits per heavy atom. The second-order valence-corrected chi connectivity index (χ2v) is 4.01. The minimum atomic E-state index is -0.985. The van der Waals surface area contributed by atoms with Gasteiger partial charge >= 0.3 is 11.7 Å². The van der Waals surface area contributed by atoms with Gasteiger partial charge in [0.25, 0.3) is 0 Å². The van der Waals surface area contributed by atoms with Crippen LogP contribution in [0.3, 0.4) is 0 Å². The summed E-state index contributed by atoms with van der Waals surface area (Å²) in [5, 5.41) is 12.0. The van der Waals surface area contributed by atoms with Gasteiger partial charge in [0.15, 0.2) is 0 Å². The van der Waals surface area contributed by atoms with Crippen molar-refractivity contribution >= 4 is 11.8 Å². The Hall–Kier alpha value is -2.63. The summed E-state index contributed by atoms with van der Waals surface area (Å²) in [7, 11) is 0. The van der Waals surface area contributed by atoms with Gasteiger partial charge in [-0.3, -0.25) is 4.98 Å². The molecule has 0 amide bonds. The molecule has 2 aromatic rings. The van der Waals surface area contributed by atoms with E-state index in [4.69, 9.17) is 0 Å². The lowest BCUT2D eigenvalue weighted by atomic mass is 10.1. The Morgan fingerprint density at radius 1 is 1.32 bits per heavy atom. The molecule has 6 heteroatoms. The number of nitrogens with zero attached hydrogens (tertiary/aromatic N) is 1. The van der Waals surface area contributed by atoms with Crippen molar-refractivity contribution in [1.82, 2.24) is 9.97 Å². The number of aromatic nitrogens is 2. The van der Waals surface area contributed by atoms with Gasteiger partial charge in [-0.1, -0.05) is 30.3 Å². The van der Waals surface area contributed by atoms with Crippen molar-refractivity contribution in [2.24, 2.45) is 0 Å². The Kier molecular flexibility index (Phi) is 3.92. The lowest BCUT2D eigenvalue weighted by Gasteiger charge is -2.15. The van der Waals surface area contributed by atoms with Crippen LogP contribution in [0.15, 0.2) is 47.4 Å². The van der Waals surface area contributed by atoms with E-state index < -0.39 is 17.7 Å². The molecule has 0 radical (unpaired) electrons. The Balaban J connectivity index is 2.13. The smallest absolute Gasteiger partial charge is 0.346 e. The predicted molar refractivity (Wildman–Crippen MR) is 70.1 cm³/mol. The highest BCUT2D eigenvalue weighted by Crippen LogP contribution is 2.08.